The minimum atomic E-state index is 0.230. The van der Waals surface area contributed by atoms with Gasteiger partial charge >= 0.3 is 0 Å². The van der Waals surface area contributed by atoms with Crippen molar-refractivity contribution in [2.24, 2.45) is 0 Å². The molecule has 0 aromatic heterocycles. The topological polar surface area (TPSA) is 47.3 Å². The molecule has 1 heterocycles. The number of benzene rings is 1. The molecule has 3 nitrogen and oxygen atoms in total. The zero-order valence-electron chi connectivity index (χ0n) is 10.3. The molecular weight excluding hydrogens is 292 g/mol. The van der Waals surface area contributed by atoms with Gasteiger partial charge in [0.05, 0.1) is 18.2 Å². The molecule has 4 heteroatoms. The van der Waals surface area contributed by atoms with Crippen molar-refractivity contribution < 1.29 is 5.11 Å². The number of aliphatic hydroxyl groups excluding tert-OH is 1. The van der Waals surface area contributed by atoms with Crippen LogP contribution in [0.2, 0.25) is 0 Å². The molecule has 1 atom stereocenters. The highest BCUT2D eigenvalue weighted by atomic mass is 79.9. The molecule has 1 aromatic carbocycles. The Hall–Kier alpha value is -0.890. The zero-order valence-corrected chi connectivity index (χ0v) is 11.9. The van der Waals surface area contributed by atoms with Gasteiger partial charge in [-0.1, -0.05) is 28.4 Å². The standard InChI is InChI=1S/C14H17BrN2O/c15-14-7-11(8-16)4-5-12(14)9-17-6-2-1-3-13(17)10-18/h4-5,7,13,18H,1-3,6,9-10H2. The van der Waals surface area contributed by atoms with Gasteiger partial charge in [-0.3, -0.25) is 4.90 Å². The summed E-state index contributed by atoms with van der Waals surface area (Å²) in [6.45, 7) is 2.10. The highest BCUT2D eigenvalue weighted by molar-refractivity contribution is 9.10. The molecule has 0 amide bonds. The summed E-state index contributed by atoms with van der Waals surface area (Å²) in [6, 6.07) is 8.11. The molecule has 0 radical (unpaired) electrons. The summed E-state index contributed by atoms with van der Waals surface area (Å²) in [7, 11) is 0. The SMILES string of the molecule is N#Cc1ccc(CN2CCCCC2CO)c(Br)c1. The van der Waals surface area contributed by atoms with Crippen molar-refractivity contribution in [3.05, 3.63) is 33.8 Å². The molecule has 1 fully saturated rings. The van der Waals surface area contributed by atoms with Crippen LogP contribution in [0.5, 0.6) is 0 Å². The molecule has 1 saturated heterocycles. The van der Waals surface area contributed by atoms with Crippen LogP contribution < -0.4 is 0 Å². The van der Waals surface area contributed by atoms with E-state index in [2.05, 4.69) is 26.9 Å². The van der Waals surface area contributed by atoms with Gasteiger partial charge in [0.2, 0.25) is 0 Å². The Morgan fingerprint density at radius 2 is 2.28 bits per heavy atom. The minimum Gasteiger partial charge on any atom is -0.395 e. The molecule has 1 aliphatic rings. The van der Waals surface area contributed by atoms with Crippen LogP contribution in [0, 0.1) is 11.3 Å². The van der Waals surface area contributed by atoms with E-state index in [0.29, 0.717) is 5.56 Å². The third-order valence-corrected chi connectivity index (χ3v) is 4.25. The number of rotatable bonds is 3. The van der Waals surface area contributed by atoms with Crippen LogP contribution in [0.4, 0.5) is 0 Å². The third-order valence-electron chi connectivity index (χ3n) is 3.52. The molecule has 1 aromatic rings. The Morgan fingerprint density at radius 3 is 2.94 bits per heavy atom. The van der Waals surface area contributed by atoms with Crippen molar-refractivity contribution in [2.45, 2.75) is 31.8 Å². The Labute approximate surface area is 116 Å². The Balaban J connectivity index is 2.10. The maximum Gasteiger partial charge on any atom is 0.0992 e. The fourth-order valence-electron chi connectivity index (χ4n) is 2.44. The van der Waals surface area contributed by atoms with Crippen molar-refractivity contribution in [2.75, 3.05) is 13.2 Å². The Kier molecular flexibility index (Phi) is 4.76. The van der Waals surface area contributed by atoms with Gasteiger partial charge < -0.3 is 5.11 Å². The van der Waals surface area contributed by atoms with Crippen LogP contribution in [0.15, 0.2) is 22.7 Å². The number of nitriles is 1. The van der Waals surface area contributed by atoms with Crippen LogP contribution >= 0.6 is 15.9 Å². The lowest BCUT2D eigenvalue weighted by molar-refractivity contribution is 0.0839. The van der Waals surface area contributed by atoms with Gasteiger partial charge in [0.1, 0.15) is 0 Å². The predicted octanol–water partition coefficient (Wildman–Crippen LogP) is 2.67. The molecule has 96 valence electrons. The fourth-order valence-corrected chi connectivity index (χ4v) is 2.94. The quantitative estimate of drug-likeness (QED) is 0.934. The summed E-state index contributed by atoms with van der Waals surface area (Å²) >= 11 is 3.52. The monoisotopic (exact) mass is 308 g/mol. The number of nitrogens with zero attached hydrogens (tertiary/aromatic N) is 2. The molecule has 1 unspecified atom stereocenters. The maximum absolute atomic E-state index is 9.39. The molecule has 2 rings (SSSR count). The van der Waals surface area contributed by atoms with Gasteiger partial charge in [-0.25, -0.2) is 0 Å². The number of likely N-dealkylation sites (tertiary alicyclic amines) is 1. The summed E-state index contributed by atoms with van der Waals surface area (Å²) in [4.78, 5) is 2.33. The first kappa shape index (κ1) is 13.5. The average Bonchev–Trinajstić information content (AvgIpc) is 2.41. The normalized spacial score (nSPS) is 20.6. The number of aliphatic hydroxyl groups is 1. The smallest absolute Gasteiger partial charge is 0.0992 e. The molecule has 0 saturated carbocycles. The van der Waals surface area contributed by atoms with Crippen molar-refractivity contribution in [3.8, 4) is 6.07 Å². The van der Waals surface area contributed by atoms with Crippen molar-refractivity contribution in [1.82, 2.24) is 4.90 Å². The van der Waals surface area contributed by atoms with Gasteiger partial charge in [0, 0.05) is 17.1 Å². The maximum atomic E-state index is 9.39. The van der Waals surface area contributed by atoms with Crippen molar-refractivity contribution >= 4 is 15.9 Å². The Morgan fingerprint density at radius 1 is 1.44 bits per heavy atom. The number of hydrogen-bond donors (Lipinski definition) is 1. The van der Waals surface area contributed by atoms with Gasteiger partial charge in [-0.2, -0.15) is 5.26 Å². The first-order valence-electron chi connectivity index (χ1n) is 6.28. The van der Waals surface area contributed by atoms with Crippen LogP contribution in [0.1, 0.15) is 30.4 Å². The van der Waals surface area contributed by atoms with Crippen LogP contribution in [-0.4, -0.2) is 29.2 Å². The molecular formula is C14H17BrN2O. The van der Waals surface area contributed by atoms with Gasteiger partial charge in [-0.15, -0.1) is 0 Å². The predicted molar refractivity (Wildman–Crippen MR) is 74.0 cm³/mol. The molecule has 0 spiro atoms. The number of piperidine rings is 1. The second kappa shape index (κ2) is 6.33. The second-order valence-corrected chi connectivity index (χ2v) is 5.57. The van der Waals surface area contributed by atoms with E-state index in [1.807, 2.05) is 18.2 Å². The zero-order chi connectivity index (χ0) is 13.0. The van der Waals surface area contributed by atoms with Crippen molar-refractivity contribution in [1.29, 1.82) is 5.26 Å². The first-order chi connectivity index (χ1) is 8.74. The molecule has 0 aliphatic carbocycles. The fraction of sp³-hybridized carbons (Fsp3) is 0.500. The number of hydrogen-bond acceptors (Lipinski definition) is 3. The molecule has 0 bridgehead atoms. The minimum absolute atomic E-state index is 0.230. The van der Waals surface area contributed by atoms with E-state index in [4.69, 9.17) is 5.26 Å². The van der Waals surface area contributed by atoms with Crippen molar-refractivity contribution in [3.63, 3.8) is 0 Å². The summed E-state index contributed by atoms with van der Waals surface area (Å²) in [5, 5.41) is 18.2. The van der Waals surface area contributed by atoms with E-state index >= 15 is 0 Å². The van der Waals surface area contributed by atoms with E-state index in [1.165, 1.54) is 18.4 Å². The highest BCUT2D eigenvalue weighted by Gasteiger charge is 2.22. The third kappa shape index (κ3) is 3.11. The highest BCUT2D eigenvalue weighted by Crippen LogP contribution is 2.24. The van der Waals surface area contributed by atoms with E-state index in [9.17, 15) is 5.11 Å². The van der Waals surface area contributed by atoms with Gasteiger partial charge in [0.15, 0.2) is 0 Å². The van der Waals surface area contributed by atoms with E-state index < -0.39 is 0 Å². The van der Waals surface area contributed by atoms with E-state index in [-0.39, 0.29) is 12.6 Å². The lowest BCUT2D eigenvalue weighted by Gasteiger charge is -2.34. The lowest BCUT2D eigenvalue weighted by Crippen LogP contribution is -2.41. The van der Waals surface area contributed by atoms with Crippen LogP contribution in [0.3, 0.4) is 0 Å². The molecule has 18 heavy (non-hydrogen) atoms. The second-order valence-electron chi connectivity index (χ2n) is 4.72. The largest absolute Gasteiger partial charge is 0.395 e. The summed E-state index contributed by atoms with van der Waals surface area (Å²) in [6.07, 6.45) is 3.48. The van der Waals surface area contributed by atoms with E-state index in [0.717, 1.165) is 24.0 Å². The summed E-state index contributed by atoms with van der Waals surface area (Å²) < 4.78 is 0.976. The summed E-state index contributed by atoms with van der Waals surface area (Å²) in [5.74, 6) is 0. The van der Waals surface area contributed by atoms with Gasteiger partial charge in [-0.05, 0) is 37.1 Å². The number of halogens is 1. The lowest BCUT2D eigenvalue weighted by atomic mass is 10.0. The average molecular weight is 309 g/mol. The first-order valence-corrected chi connectivity index (χ1v) is 7.07. The van der Waals surface area contributed by atoms with Crippen LogP contribution in [-0.2, 0) is 6.54 Å². The van der Waals surface area contributed by atoms with Gasteiger partial charge in [0.25, 0.3) is 0 Å². The molecule has 1 aliphatic heterocycles. The Bertz CT molecular complexity index is 456. The molecule has 1 N–H and O–H groups in total. The summed E-state index contributed by atoms with van der Waals surface area (Å²) in [5.41, 5.74) is 1.84. The van der Waals surface area contributed by atoms with E-state index in [1.54, 1.807) is 0 Å². The van der Waals surface area contributed by atoms with Crippen LogP contribution in [0.25, 0.3) is 0 Å².